The van der Waals surface area contributed by atoms with Gasteiger partial charge in [0.1, 0.15) is 0 Å². The summed E-state index contributed by atoms with van der Waals surface area (Å²) in [5, 5.41) is 9.45. The molecule has 2 bridgehead atoms. The maximum absolute atomic E-state index is 11.8. The first kappa shape index (κ1) is 10.9. The van der Waals surface area contributed by atoms with Crippen LogP contribution in [0.15, 0.2) is 0 Å². The van der Waals surface area contributed by atoms with Crippen LogP contribution in [0.2, 0.25) is 0 Å². The fraction of sp³-hybridized carbons (Fsp3) is 0.917. The highest BCUT2D eigenvalue weighted by Gasteiger charge is 2.49. The lowest BCUT2D eigenvalue weighted by atomic mass is 9.65. The van der Waals surface area contributed by atoms with Crippen LogP contribution < -0.4 is 0 Å². The van der Waals surface area contributed by atoms with Crippen LogP contribution in [0.4, 0.5) is 0 Å². The quantitative estimate of drug-likeness (QED) is 0.711. The molecule has 0 aromatic carbocycles. The number of aliphatic hydroxyl groups excluding tert-OH is 1. The first-order valence-electron chi connectivity index (χ1n) is 5.86. The lowest BCUT2D eigenvalue weighted by Gasteiger charge is -2.40. The number of aliphatic hydroxyl groups is 1. The first-order valence-corrected chi connectivity index (χ1v) is 5.86. The van der Waals surface area contributed by atoms with Crippen LogP contribution >= 0.6 is 0 Å². The van der Waals surface area contributed by atoms with Crippen molar-refractivity contribution < 1.29 is 14.6 Å². The molecule has 3 aliphatic rings. The van der Waals surface area contributed by atoms with E-state index in [9.17, 15) is 9.90 Å². The summed E-state index contributed by atoms with van der Waals surface area (Å²) in [6.07, 6.45) is 6.84. The van der Waals surface area contributed by atoms with Crippen LogP contribution in [-0.2, 0) is 9.53 Å². The van der Waals surface area contributed by atoms with E-state index < -0.39 is 0 Å². The van der Waals surface area contributed by atoms with Crippen LogP contribution in [-0.4, -0.2) is 24.8 Å². The largest absolute Gasteiger partial charge is 0.469 e. The van der Waals surface area contributed by atoms with E-state index in [4.69, 9.17) is 4.74 Å². The molecule has 3 rings (SSSR count). The second kappa shape index (κ2) is 3.78. The van der Waals surface area contributed by atoms with Gasteiger partial charge < -0.3 is 9.84 Å². The maximum atomic E-state index is 11.8. The van der Waals surface area contributed by atoms with Gasteiger partial charge in [0, 0.05) is 6.61 Å². The molecule has 0 radical (unpaired) electrons. The smallest absolute Gasteiger partial charge is 0.311 e. The zero-order valence-electron chi connectivity index (χ0n) is 9.42. The van der Waals surface area contributed by atoms with Crippen molar-refractivity contribution in [2.45, 2.75) is 44.9 Å². The van der Waals surface area contributed by atoms with Crippen molar-refractivity contribution in [2.75, 3.05) is 13.7 Å². The standard InChI is InChI=1S/C12H20O3/c1-15-10(14)12-4-2-3-11(9-13,5-7-12)6-8-12/h13H,2-9H2,1H3. The molecule has 86 valence electrons. The molecule has 0 aliphatic heterocycles. The molecule has 3 fully saturated rings. The third kappa shape index (κ3) is 1.67. The summed E-state index contributed by atoms with van der Waals surface area (Å²) in [7, 11) is 1.48. The molecule has 0 spiro atoms. The van der Waals surface area contributed by atoms with Gasteiger partial charge in [0.05, 0.1) is 12.5 Å². The molecule has 0 aromatic rings. The van der Waals surface area contributed by atoms with Crippen molar-refractivity contribution in [1.82, 2.24) is 0 Å². The molecule has 0 unspecified atom stereocenters. The zero-order valence-corrected chi connectivity index (χ0v) is 9.42. The molecular formula is C12H20O3. The average Bonchev–Trinajstić information content (AvgIpc) is 2.59. The summed E-state index contributed by atoms with van der Waals surface area (Å²) in [5.41, 5.74) is -0.0993. The lowest BCUT2D eigenvalue weighted by molar-refractivity contribution is -0.156. The van der Waals surface area contributed by atoms with Crippen LogP contribution in [0.3, 0.4) is 0 Å². The van der Waals surface area contributed by atoms with Gasteiger partial charge in [0.25, 0.3) is 0 Å². The number of carbonyl (C=O) groups is 1. The van der Waals surface area contributed by atoms with Crippen molar-refractivity contribution in [3.8, 4) is 0 Å². The normalized spacial score (nSPS) is 39.9. The number of carbonyl (C=O) groups excluding carboxylic acids is 1. The molecule has 15 heavy (non-hydrogen) atoms. The summed E-state index contributed by atoms with van der Waals surface area (Å²) >= 11 is 0. The summed E-state index contributed by atoms with van der Waals surface area (Å²) < 4.78 is 4.93. The highest BCUT2D eigenvalue weighted by Crippen LogP contribution is 2.54. The second-order valence-electron chi connectivity index (χ2n) is 5.28. The topological polar surface area (TPSA) is 46.5 Å². The minimum Gasteiger partial charge on any atom is -0.469 e. The van der Waals surface area contributed by atoms with E-state index in [1.54, 1.807) is 0 Å². The Bertz CT molecular complexity index is 252. The van der Waals surface area contributed by atoms with Crippen LogP contribution in [0.1, 0.15) is 44.9 Å². The van der Waals surface area contributed by atoms with Gasteiger partial charge in [0.15, 0.2) is 0 Å². The second-order valence-corrected chi connectivity index (χ2v) is 5.28. The molecule has 3 nitrogen and oxygen atoms in total. The van der Waals surface area contributed by atoms with Crippen molar-refractivity contribution in [2.24, 2.45) is 10.8 Å². The minimum atomic E-state index is -0.218. The van der Waals surface area contributed by atoms with Gasteiger partial charge in [-0.25, -0.2) is 0 Å². The molecule has 0 amide bonds. The van der Waals surface area contributed by atoms with Gasteiger partial charge in [-0.05, 0) is 43.9 Å². The number of hydrogen-bond acceptors (Lipinski definition) is 3. The van der Waals surface area contributed by atoms with E-state index in [1.165, 1.54) is 7.11 Å². The van der Waals surface area contributed by atoms with Gasteiger partial charge in [-0.1, -0.05) is 6.42 Å². The summed E-state index contributed by atoms with van der Waals surface area (Å²) in [4.78, 5) is 11.8. The minimum absolute atomic E-state index is 0.0315. The molecule has 0 aromatic heterocycles. The van der Waals surface area contributed by atoms with E-state index in [-0.39, 0.29) is 23.4 Å². The van der Waals surface area contributed by atoms with Gasteiger partial charge >= 0.3 is 5.97 Å². The molecule has 3 heteroatoms. The van der Waals surface area contributed by atoms with Gasteiger partial charge in [-0.3, -0.25) is 4.79 Å². The van der Waals surface area contributed by atoms with Crippen molar-refractivity contribution >= 4 is 5.97 Å². The van der Waals surface area contributed by atoms with E-state index in [2.05, 4.69) is 0 Å². The molecular weight excluding hydrogens is 192 g/mol. The zero-order chi connectivity index (χ0) is 10.9. The monoisotopic (exact) mass is 212 g/mol. The highest BCUT2D eigenvalue weighted by atomic mass is 16.5. The number of rotatable bonds is 2. The Balaban J connectivity index is 2.18. The van der Waals surface area contributed by atoms with E-state index in [0.29, 0.717) is 0 Å². The van der Waals surface area contributed by atoms with E-state index >= 15 is 0 Å². The third-order valence-corrected chi connectivity index (χ3v) is 4.58. The first-order chi connectivity index (χ1) is 7.16. The van der Waals surface area contributed by atoms with E-state index in [0.717, 1.165) is 44.9 Å². The molecule has 1 N–H and O–H groups in total. The molecule has 0 saturated heterocycles. The van der Waals surface area contributed by atoms with Crippen molar-refractivity contribution in [3.63, 3.8) is 0 Å². The Morgan fingerprint density at radius 2 is 1.87 bits per heavy atom. The number of fused-ring (bicyclic) bond motifs is 4. The maximum Gasteiger partial charge on any atom is 0.311 e. The number of methoxy groups -OCH3 is 1. The summed E-state index contributed by atoms with van der Waals surface area (Å²) in [6.45, 7) is 0.282. The third-order valence-electron chi connectivity index (χ3n) is 4.58. The van der Waals surface area contributed by atoms with Gasteiger partial charge in [-0.2, -0.15) is 0 Å². The fourth-order valence-electron chi connectivity index (χ4n) is 3.32. The van der Waals surface area contributed by atoms with Crippen LogP contribution in [0.25, 0.3) is 0 Å². The van der Waals surface area contributed by atoms with Crippen LogP contribution in [0, 0.1) is 10.8 Å². The Kier molecular flexibility index (Phi) is 2.75. The molecule has 3 saturated carbocycles. The summed E-state index contributed by atoms with van der Waals surface area (Å²) in [5.74, 6) is -0.0315. The van der Waals surface area contributed by atoms with E-state index in [1.807, 2.05) is 0 Å². The average molecular weight is 212 g/mol. The Morgan fingerprint density at radius 1 is 1.20 bits per heavy atom. The Morgan fingerprint density at radius 3 is 2.40 bits per heavy atom. The van der Waals surface area contributed by atoms with Crippen LogP contribution in [0.5, 0.6) is 0 Å². The predicted octanol–water partition coefficient (Wildman–Crippen LogP) is 1.88. The van der Waals surface area contributed by atoms with Crippen molar-refractivity contribution in [3.05, 3.63) is 0 Å². The Labute approximate surface area is 90.8 Å². The van der Waals surface area contributed by atoms with Gasteiger partial charge in [-0.15, -0.1) is 0 Å². The molecule has 3 aliphatic carbocycles. The fourth-order valence-corrected chi connectivity index (χ4v) is 3.32. The SMILES string of the molecule is COC(=O)C12CCCC(CO)(CC1)CC2. The lowest BCUT2D eigenvalue weighted by Crippen LogP contribution is -2.38. The number of ether oxygens (including phenoxy) is 1. The number of hydrogen-bond donors (Lipinski definition) is 1. The Hall–Kier alpha value is -0.570. The van der Waals surface area contributed by atoms with Crippen molar-refractivity contribution in [1.29, 1.82) is 0 Å². The molecule has 0 heterocycles. The van der Waals surface area contributed by atoms with Gasteiger partial charge in [0.2, 0.25) is 0 Å². The number of esters is 1. The predicted molar refractivity (Wildman–Crippen MR) is 56.3 cm³/mol. The molecule has 0 atom stereocenters. The summed E-state index contributed by atoms with van der Waals surface area (Å²) in [6, 6.07) is 0. The highest BCUT2D eigenvalue weighted by molar-refractivity contribution is 5.77.